The van der Waals surface area contributed by atoms with Crippen molar-refractivity contribution in [2.45, 2.75) is 58.2 Å². The van der Waals surface area contributed by atoms with Gasteiger partial charge in [0.2, 0.25) is 11.8 Å². The van der Waals surface area contributed by atoms with Crippen molar-refractivity contribution in [3.05, 3.63) is 29.8 Å². The van der Waals surface area contributed by atoms with E-state index in [1.165, 1.54) is 35.8 Å². The van der Waals surface area contributed by atoms with Crippen molar-refractivity contribution < 1.29 is 33.8 Å². The minimum absolute atomic E-state index is 0.00411. The van der Waals surface area contributed by atoms with E-state index in [1.54, 1.807) is 39.8 Å². The quantitative estimate of drug-likeness (QED) is 0.365. The fourth-order valence-electron chi connectivity index (χ4n) is 3.18. The Bertz CT molecular complexity index is 873. The number of alkyl carbamates (subject to hydrolysis) is 1. The van der Waals surface area contributed by atoms with Crippen molar-refractivity contribution in [2.75, 3.05) is 32.2 Å². The molecule has 1 aromatic carbocycles. The Kier molecular flexibility index (Phi) is 12.4. The molecule has 10 nitrogen and oxygen atoms in total. The lowest BCUT2D eigenvalue weighted by molar-refractivity contribution is -0.143. The molecule has 11 heteroatoms. The van der Waals surface area contributed by atoms with Crippen molar-refractivity contribution in [3.63, 3.8) is 0 Å². The van der Waals surface area contributed by atoms with Crippen LogP contribution in [0.15, 0.2) is 24.3 Å². The zero-order chi connectivity index (χ0) is 26.6. The fourth-order valence-corrected chi connectivity index (χ4v) is 3.65. The number of carbonyl (C=O) groups excluding carboxylic acids is 4. The summed E-state index contributed by atoms with van der Waals surface area (Å²) in [6.45, 7) is 7.05. The summed E-state index contributed by atoms with van der Waals surface area (Å²) in [6, 6.07) is 4.02. The molecule has 0 fully saturated rings. The molecular weight excluding hydrogens is 474 g/mol. The third kappa shape index (κ3) is 10.5. The third-order valence-electron chi connectivity index (χ3n) is 4.75. The number of rotatable bonds is 12. The van der Waals surface area contributed by atoms with Gasteiger partial charge >= 0.3 is 12.1 Å². The van der Waals surface area contributed by atoms with E-state index in [-0.39, 0.29) is 30.9 Å². The molecule has 35 heavy (non-hydrogen) atoms. The molecule has 0 spiro atoms. The average Bonchev–Trinajstić information content (AvgIpc) is 2.76. The normalized spacial score (nSPS) is 12.7. The summed E-state index contributed by atoms with van der Waals surface area (Å²) in [5.41, 5.74) is -0.543. The molecule has 0 aromatic heterocycles. The van der Waals surface area contributed by atoms with E-state index in [2.05, 4.69) is 10.6 Å². The second-order valence-electron chi connectivity index (χ2n) is 8.74. The Morgan fingerprint density at radius 3 is 2.40 bits per heavy atom. The standard InChI is InChI=1S/C24H37N3O7S/c1-7-33-19(29)12-14-25-21(30)20(16-10-8-9-11-18(16)28)27(5)22(31)17(13-15-35-6)26-23(32)34-24(2,3)4/h8-11,17,20,28H,7,12-15H2,1-6H3,(H,25,30)(H,26,32). The molecule has 196 valence electrons. The molecule has 0 aliphatic carbocycles. The number of thioether (sulfide) groups is 1. The van der Waals surface area contributed by atoms with E-state index >= 15 is 0 Å². The van der Waals surface area contributed by atoms with Crippen LogP contribution in [0.2, 0.25) is 0 Å². The number of esters is 1. The summed E-state index contributed by atoms with van der Waals surface area (Å²) in [5.74, 6) is -1.17. The number of hydrogen-bond donors (Lipinski definition) is 3. The lowest BCUT2D eigenvalue weighted by Gasteiger charge is -2.32. The van der Waals surface area contributed by atoms with Gasteiger partial charge in [0.1, 0.15) is 23.4 Å². The van der Waals surface area contributed by atoms with Gasteiger partial charge in [-0.15, -0.1) is 0 Å². The first kappa shape index (κ1) is 30.1. The number of para-hydroxylation sites is 1. The Labute approximate surface area is 211 Å². The highest BCUT2D eigenvalue weighted by atomic mass is 32.2. The number of phenolic OH excluding ortho intramolecular Hbond substituents is 1. The fraction of sp³-hybridized carbons (Fsp3) is 0.583. The number of carbonyl (C=O) groups is 4. The van der Waals surface area contributed by atoms with Gasteiger partial charge in [0.25, 0.3) is 0 Å². The highest BCUT2D eigenvalue weighted by Gasteiger charge is 2.35. The van der Waals surface area contributed by atoms with Gasteiger partial charge in [-0.05, 0) is 52.2 Å². The van der Waals surface area contributed by atoms with Crippen LogP contribution in [0.4, 0.5) is 4.79 Å². The molecule has 0 saturated carbocycles. The number of aromatic hydroxyl groups is 1. The van der Waals surface area contributed by atoms with E-state index < -0.39 is 41.6 Å². The number of phenols is 1. The van der Waals surface area contributed by atoms with Crippen LogP contribution in [-0.2, 0) is 23.9 Å². The molecule has 0 aliphatic heterocycles. The number of hydrogen-bond acceptors (Lipinski definition) is 8. The summed E-state index contributed by atoms with van der Waals surface area (Å²) in [4.78, 5) is 51.8. The molecule has 0 radical (unpaired) electrons. The highest BCUT2D eigenvalue weighted by Crippen LogP contribution is 2.29. The Hall–Kier alpha value is -2.95. The van der Waals surface area contributed by atoms with Gasteiger partial charge < -0.3 is 30.1 Å². The molecule has 3 amide bonds. The van der Waals surface area contributed by atoms with Gasteiger partial charge in [0.05, 0.1) is 13.0 Å². The molecule has 2 atom stereocenters. The topological polar surface area (TPSA) is 134 Å². The first-order chi connectivity index (χ1) is 16.4. The number of amides is 3. The maximum absolute atomic E-state index is 13.5. The smallest absolute Gasteiger partial charge is 0.408 e. The zero-order valence-corrected chi connectivity index (χ0v) is 22.1. The molecule has 2 unspecified atom stereocenters. The van der Waals surface area contributed by atoms with Gasteiger partial charge in [-0.1, -0.05) is 18.2 Å². The van der Waals surface area contributed by atoms with Crippen LogP contribution in [0.5, 0.6) is 5.75 Å². The minimum Gasteiger partial charge on any atom is -0.508 e. The molecule has 0 saturated heterocycles. The van der Waals surface area contributed by atoms with Gasteiger partial charge in [0, 0.05) is 19.2 Å². The minimum atomic E-state index is -1.21. The van der Waals surface area contributed by atoms with Crippen molar-refractivity contribution in [1.29, 1.82) is 0 Å². The Balaban J connectivity index is 3.15. The van der Waals surface area contributed by atoms with Crippen LogP contribution in [-0.4, -0.2) is 77.7 Å². The van der Waals surface area contributed by atoms with E-state index in [0.29, 0.717) is 12.2 Å². The summed E-state index contributed by atoms with van der Waals surface area (Å²) in [5, 5.41) is 15.6. The summed E-state index contributed by atoms with van der Waals surface area (Å²) >= 11 is 1.50. The number of ether oxygens (including phenoxy) is 2. The van der Waals surface area contributed by atoms with Crippen LogP contribution >= 0.6 is 11.8 Å². The molecule has 1 aromatic rings. The van der Waals surface area contributed by atoms with Crippen LogP contribution in [0.1, 0.15) is 52.1 Å². The van der Waals surface area contributed by atoms with E-state index in [4.69, 9.17) is 9.47 Å². The first-order valence-electron chi connectivity index (χ1n) is 11.4. The lowest BCUT2D eigenvalue weighted by Crippen LogP contribution is -2.52. The van der Waals surface area contributed by atoms with Gasteiger partial charge in [-0.25, -0.2) is 4.79 Å². The van der Waals surface area contributed by atoms with Gasteiger partial charge in [0.15, 0.2) is 0 Å². The van der Waals surface area contributed by atoms with Crippen LogP contribution in [0, 0.1) is 0 Å². The lowest BCUT2D eigenvalue weighted by atomic mass is 10.0. The number of benzene rings is 1. The predicted molar refractivity (Wildman–Crippen MR) is 134 cm³/mol. The third-order valence-corrected chi connectivity index (χ3v) is 5.39. The van der Waals surface area contributed by atoms with Crippen molar-refractivity contribution >= 4 is 35.6 Å². The number of nitrogens with zero attached hydrogens (tertiary/aromatic N) is 1. The molecular formula is C24H37N3O7S. The maximum atomic E-state index is 13.5. The second-order valence-corrected chi connectivity index (χ2v) is 9.72. The van der Waals surface area contributed by atoms with Crippen molar-refractivity contribution in [2.24, 2.45) is 0 Å². The summed E-state index contributed by atoms with van der Waals surface area (Å²) in [6.07, 6.45) is 1.40. The van der Waals surface area contributed by atoms with Gasteiger partial charge in [-0.3, -0.25) is 14.4 Å². The number of likely N-dealkylation sites (N-methyl/N-ethyl adjacent to an activating group) is 1. The average molecular weight is 512 g/mol. The monoisotopic (exact) mass is 511 g/mol. The van der Waals surface area contributed by atoms with E-state index in [1.807, 2.05) is 6.26 Å². The number of nitrogens with one attached hydrogen (secondary N) is 2. The molecule has 1 rings (SSSR count). The van der Waals surface area contributed by atoms with Crippen LogP contribution < -0.4 is 10.6 Å². The van der Waals surface area contributed by atoms with E-state index in [9.17, 15) is 24.3 Å². The SMILES string of the molecule is CCOC(=O)CCNC(=O)C(c1ccccc1O)N(C)C(=O)C(CCSC)NC(=O)OC(C)(C)C. The molecule has 3 N–H and O–H groups in total. The molecule has 0 bridgehead atoms. The molecule has 0 aliphatic rings. The highest BCUT2D eigenvalue weighted by molar-refractivity contribution is 7.98. The van der Waals surface area contributed by atoms with E-state index in [0.717, 1.165) is 0 Å². The maximum Gasteiger partial charge on any atom is 0.408 e. The Morgan fingerprint density at radius 2 is 1.83 bits per heavy atom. The first-order valence-corrected chi connectivity index (χ1v) is 12.8. The second kappa shape index (κ2) is 14.4. The van der Waals surface area contributed by atoms with Gasteiger partial charge in [-0.2, -0.15) is 11.8 Å². The molecule has 0 heterocycles. The van der Waals surface area contributed by atoms with Crippen LogP contribution in [0.3, 0.4) is 0 Å². The predicted octanol–water partition coefficient (Wildman–Crippen LogP) is 2.61. The summed E-state index contributed by atoms with van der Waals surface area (Å²) < 4.78 is 10.2. The van der Waals surface area contributed by atoms with Crippen molar-refractivity contribution in [3.8, 4) is 5.75 Å². The van der Waals surface area contributed by atoms with Crippen molar-refractivity contribution in [1.82, 2.24) is 15.5 Å². The zero-order valence-electron chi connectivity index (χ0n) is 21.3. The Morgan fingerprint density at radius 1 is 1.17 bits per heavy atom. The summed E-state index contributed by atoms with van der Waals surface area (Å²) in [7, 11) is 1.42. The largest absolute Gasteiger partial charge is 0.508 e. The van der Waals surface area contributed by atoms with Crippen LogP contribution in [0.25, 0.3) is 0 Å².